The molecular formula is C16H17NO2. The molecule has 1 unspecified atom stereocenters. The van der Waals surface area contributed by atoms with Gasteiger partial charge in [-0.3, -0.25) is 4.98 Å². The zero-order valence-electron chi connectivity index (χ0n) is 11.3. The molecule has 3 heteroatoms. The lowest BCUT2D eigenvalue weighted by atomic mass is 9.84. The van der Waals surface area contributed by atoms with E-state index in [9.17, 15) is 4.79 Å². The Kier molecular flexibility index (Phi) is 2.97. The van der Waals surface area contributed by atoms with Crippen LogP contribution in [0, 0.1) is 5.92 Å². The molecule has 98 valence electrons. The second-order valence-electron chi connectivity index (χ2n) is 5.27. The van der Waals surface area contributed by atoms with Crippen LogP contribution in [0.15, 0.2) is 24.3 Å². The maximum atomic E-state index is 12.2. The van der Waals surface area contributed by atoms with Gasteiger partial charge in [0.05, 0.1) is 18.2 Å². The third-order valence-electron chi connectivity index (χ3n) is 3.89. The van der Waals surface area contributed by atoms with E-state index in [1.54, 1.807) is 0 Å². The van der Waals surface area contributed by atoms with Crippen molar-refractivity contribution in [2.24, 2.45) is 5.92 Å². The lowest BCUT2D eigenvalue weighted by molar-refractivity contribution is 0.0601. The average molecular weight is 255 g/mol. The highest BCUT2D eigenvalue weighted by Crippen LogP contribution is 2.31. The van der Waals surface area contributed by atoms with E-state index in [-0.39, 0.29) is 5.97 Å². The van der Waals surface area contributed by atoms with E-state index < -0.39 is 0 Å². The molecule has 0 radical (unpaired) electrons. The Labute approximate surface area is 112 Å². The number of ether oxygens (including phenoxy) is 1. The Morgan fingerprint density at radius 3 is 2.95 bits per heavy atom. The Bertz CT molecular complexity index is 648. The summed E-state index contributed by atoms with van der Waals surface area (Å²) < 4.78 is 4.98. The van der Waals surface area contributed by atoms with Gasteiger partial charge in [-0.25, -0.2) is 4.79 Å². The minimum absolute atomic E-state index is 0.246. The smallest absolute Gasteiger partial charge is 0.338 e. The molecule has 1 atom stereocenters. The van der Waals surface area contributed by atoms with Gasteiger partial charge in [-0.05, 0) is 36.8 Å². The fraction of sp³-hybridized carbons (Fsp3) is 0.375. The molecule has 1 aromatic heterocycles. The fourth-order valence-corrected chi connectivity index (χ4v) is 2.90. The van der Waals surface area contributed by atoms with Crippen LogP contribution < -0.4 is 0 Å². The number of benzene rings is 1. The Hall–Kier alpha value is -1.90. The summed E-state index contributed by atoms with van der Waals surface area (Å²) in [6.45, 7) is 2.22. The number of pyridine rings is 1. The number of methoxy groups -OCH3 is 1. The van der Waals surface area contributed by atoms with Gasteiger partial charge in [-0.1, -0.05) is 25.1 Å². The molecule has 0 fully saturated rings. The van der Waals surface area contributed by atoms with Gasteiger partial charge in [0.25, 0.3) is 0 Å². The molecule has 19 heavy (non-hydrogen) atoms. The number of fused-ring (bicyclic) bond motifs is 2. The Morgan fingerprint density at radius 2 is 2.16 bits per heavy atom. The summed E-state index contributed by atoms with van der Waals surface area (Å²) in [6, 6.07) is 7.80. The van der Waals surface area contributed by atoms with Crippen molar-refractivity contribution in [1.29, 1.82) is 0 Å². The minimum Gasteiger partial charge on any atom is -0.465 e. The number of esters is 1. The van der Waals surface area contributed by atoms with E-state index in [0.29, 0.717) is 5.92 Å². The topological polar surface area (TPSA) is 39.2 Å². The first-order valence-electron chi connectivity index (χ1n) is 6.69. The molecule has 1 aliphatic rings. The quantitative estimate of drug-likeness (QED) is 0.735. The summed E-state index contributed by atoms with van der Waals surface area (Å²) in [5.41, 5.74) is 3.76. The van der Waals surface area contributed by atoms with Gasteiger partial charge >= 0.3 is 5.97 Å². The van der Waals surface area contributed by atoms with Crippen molar-refractivity contribution < 1.29 is 9.53 Å². The molecule has 2 aromatic rings. The Balaban J connectivity index is 2.33. The number of nitrogens with zero attached hydrogens (tertiary/aromatic N) is 1. The third kappa shape index (κ3) is 1.99. The predicted molar refractivity (Wildman–Crippen MR) is 74.3 cm³/mol. The van der Waals surface area contributed by atoms with E-state index in [2.05, 4.69) is 6.92 Å². The van der Waals surface area contributed by atoms with Crippen LogP contribution in [0.25, 0.3) is 10.9 Å². The van der Waals surface area contributed by atoms with Gasteiger partial charge in [-0.15, -0.1) is 0 Å². The Morgan fingerprint density at radius 1 is 1.37 bits per heavy atom. The highest BCUT2D eigenvalue weighted by molar-refractivity contribution is 6.05. The van der Waals surface area contributed by atoms with E-state index in [4.69, 9.17) is 9.72 Å². The van der Waals surface area contributed by atoms with Crippen LogP contribution in [-0.2, 0) is 17.6 Å². The predicted octanol–water partition coefficient (Wildman–Crippen LogP) is 3.15. The van der Waals surface area contributed by atoms with Crippen molar-refractivity contribution in [2.75, 3.05) is 7.11 Å². The van der Waals surface area contributed by atoms with Gasteiger partial charge in [0.2, 0.25) is 0 Å². The van der Waals surface area contributed by atoms with Crippen LogP contribution >= 0.6 is 0 Å². The highest BCUT2D eigenvalue weighted by Gasteiger charge is 2.25. The molecular weight excluding hydrogens is 238 g/mol. The monoisotopic (exact) mass is 255 g/mol. The number of para-hydroxylation sites is 1. The van der Waals surface area contributed by atoms with Crippen molar-refractivity contribution in [3.05, 3.63) is 41.1 Å². The van der Waals surface area contributed by atoms with Crippen molar-refractivity contribution in [3.63, 3.8) is 0 Å². The molecule has 0 N–H and O–H groups in total. The van der Waals surface area contributed by atoms with Crippen LogP contribution in [0.5, 0.6) is 0 Å². The minimum atomic E-state index is -0.246. The number of carbonyl (C=O) groups is 1. The number of hydrogen-bond donors (Lipinski definition) is 0. The molecule has 0 aliphatic heterocycles. The first-order chi connectivity index (χ1) is 9.20. The normalized spacial score (nSPS) is 18.1. The van der Waals surface area contributed by atoms with Gasteiger partial charge in [-0.2, -0.15) is 0 Å². The SMILES string of the molecule is COC(=O)c1c2c(nc3ccccc13)CCC(C)C2. The maximum absolute atomic E-state index is 12.2. The van der Waals surface area contributed by atoms with Crippen LogP contribution in [0.2, 0.25) is 0 Å². The largest absolute Gasteiger partial charge is 0.465 e. The summed E-state index contributed by atoms with van der Waals surface area (Å²) >= 11 is 0. The first-order valence-corrected chi connectivity index (χ1v) is 6.69. The lowest BCUT2D eigenvalue weighted by Crippen LogP contribution is -2.18. The van der Waals surface area contributed by atoms with Crippen LogP contribution in [-0.4, -0.2) is 18.1 Å². The molecule has 1 heterocycles. The number of carbonyl (C=O) groups excluding carboxylic acids is 1. The summed E-state index contributed by atoms with van der Waals surface area (Å²) in [5, 5.41) is 0.905. The number of aryl methyl sites for hydroxylation is 1. The van der Waals surface area contributed by atoms with Gasteiger partial charge in [0.15, 0.2) is 0 Å². The van der Waals surface area contributed by atoms with Crippen molar-refractivity contribution in [3.8, 4) is 0 Å². The molecule has 3 rings (SSSR count). The molecule has 0 amide bonds. The molecule has 0 saturated heterocycles. The summed E-state index contributed by atoms with van der Waals surface area (Å²) in [7, 11) is 1.44. The lowest BCUT2D eigenvalue weighted by Gasteiger charge is -2.23. The van der Waals surface area contributed by atoms with Gasteiger partial charge in [0, 0.05) is 11.1 Å². The second-order valence-corrected chi connectivity index (χ2v) is 5.27. The van der Waals surface area contributed by atoms with E-state index >= 15 is 0 Å². The summed E-state index contributed by atoms with van der Waals surface area (Å²) in [5.74, 6) is 0.350. The molecule has 3 nitrogen and oxygen atoms in total. The average Bonchev–Trinajstić information content (AvgIpc) is 2.44. The van der Waals surface area contributed by atoms with Crippen molar-refractivity contribution in [1.82, 2.24) is 4.98 Å². The zero-order chi connectivity index (χ0) is 13.4. The standard InChI is InChI=1S/C16H17NO2/c1-10-7-8-14-12(9-10)15(16(18)19-2)11-5-3-4-6-13(11)17-14/h3-6,10H,7-9H2,1-2H3. The van der Waals surface area contributed by atoms with E-state index in [0.717, 1.165) is 47.0 Å². The van der Waals surface area contributed by atoms with E-state index in [1.807, 2.05) is 24.3 Å². The fourth-order valence-electron chi connectivity index (χ4n) is 2.90. The molecule has 0 bridgehead atoms. The van der Waals surface area contributed by atoms with Crippen LogP contribution in [0.1, 0.15) is 35.0 Å². The first kappa shape index (κ1) is 12.2. The number of hydrogen-bond acceptors (Lipinski definition) is 3. The summed E-state index contributed by atoms with van der Waals surface area (Å²) in [6.07, 6.45) is 3.00. The van der Waals surface area contributed by atoms with Crippen molar-refractivity contribution in [2.45, 2.75) is 26.2 Å². The van der Waals surface area contributed by atoms with Crippen molar-refractivity contribution >= 4 is 16.9 Å². The van der Waals surface area contributed by atoms with Gasteiger partial charge in [0.1, 0.15) is 0 Å². The summed E-state index contributed by atoms with van der Waals surface area (Å²) in [4.78, 5) is 16.9. The van der Waals surface area contributed by atoms with Crippen LogP contribution in [0.4, 0.5) is 0 Å². The third-order valence-corrected chi connectivity index (χ3v) is 3.89. The van der Waals surface area contributed by atoms with Gasteiger partial charge < -0.3 is 4.74 Å². The highest BCUT2D eigenvalue weighted by atomic mass is 16.5. The molecule has 1 aromatic carbocycles. The van der Waals surface area contributed by atoms with Crippen LogP contribution in [0.3, 0.4) is 0 Å². The zero-order valence-corrected chi connectivity index (χ0v) is 11.3. The molecule has 0 saturated carbocycles. The number of aromatic nitrogens is 1. The molecule has 1 aliphatic carbocycles. The van der Waals surface area contributed by atoms with E-state index in [1.165, 1.54) is 7.11 Å². The number of rotatable bonds is 1. The maximum Gasteiger partial charge on any atom is 0.338 e. The second kappa shape index (κ2) is 4.65. The molecule has 0 spiro atoms.